The molecule has 19 heavy (non-hydrogen) atoms. The van der Waals surface area contributed by atoms with Crippen molar-refractivity contribution < 1.29 is 4.92 Å². The Kier molecular flexibility index (Phi) is 4.77. The summed E-state index contributed by atoms with van der Waals surface area (Å²) in [6.07, 6.45) is 7.96. The van der Waals surface area contributed by atoms with Gasteiger partial charge in [0.25, 0.3) is 5.69 Å². The van der Waals surface area contributed by atoms with Crippen molar-refractivity contribution in [1.29, 1.82) is 0 Å². The van der Waals surface area contributed by atoms with Gasteiger partial charge in [-0.25, -0.2) is 0 Å². The number of aryl methyl sites for hydroxylation is 1. The summed E-state index contributed by atoms with van der Waals surface area (Å²) in [4.78, 5) is 10.6. The molecule has 1 fully saturated rings. The molecule has 1 aromatic rings. The fourth-order valence-electron chi connectivity index (χ4n) is 2.81. The van der Waals surface area contributed by atoms with Gasteiger partial charge in [-0.1, -0.05) is 38.2 Å². The molecular formula is C15H22N2O2. The van der Waals surface area contributed by atoms with E-state index in [1.807, 2.05) is 6.07 Å². The maximum Gasteiger partial charge on any atom is 0.274 e. The minimum atomic E-state index is -0.318. The predicted octanol–water partition coefficient (Wildman–Crippen LogP) is 4.29. The smallest absolute Gasteiger partial charge is 0.274 e. The van der Waals surface area contributed by atoms with Gasteiger partial charge in [0.1, 0.15) is 0 Å². The molecule has 0 amide bonds. The molecule has 4 heteroatoms. The first-order valence-electron chi connectivity index (χ1n) is 7.16. The molecule has 0 atom stereocenters. The third-order valence-corrected chi connectivity index (χ3v) is 4.01. The van der Waals surface area contributed by atoms with Crippen LogP contribution < -0.4 is 5.32 Å². The number of benzene rings is 1. The average Bonchev–Trinajstić information content (AvgIpc) is 2.41. The van der Waals surface area contributed by atoms with Gasteiger partial charge in [0.15, 0.2) is 0 Å². The van der Waals surface area contributed by atoms with E-state index in [0.29, 0.717) is 5.56 Å². The van der Waals surface area contributed by atoms with Gasteiger partial charge in [0, 0.05) is 23.9 Å². The normalized spacial score (nSPS) is 16.3. The van der Waals surface area contributed by atoms with Gasteiger partial charge in [0.05, 0.1) is 4.92 Å². The van der Waals surface area contributed by atoms with Crippen LogP contribution in [-0.2, 0) is 0 Å². The standard InChI is InChI=1S/C15H22N2O2/c1-12-7-8-14(11-15(12)17(18)19)16-10-9-13-5-3-2-4-6-13/h7-8,11,13,16H,2-6,9-10H2,1H3. The molecule has 0 heterocycles. The third kappa shape index (κ3) is 3.94. The maximum atomic E-state index is 10.9. The van der Waals surface area contributed by atoms with Crippen molar-refractivity contribution in [1.82, 2.24) is 0 Å². The van der Waals surface area contributed by atoms with E-state index in [1.165, 1.54) is 38.5 Å². The number of hydrogen-bond acceptors (Lipinski definition) is 3. The van der Waals surface area contributed by atoms with Gasteiger partial charge in [-0.2, -0.15) is 0 Å². The van der Waals surface area contributed by atoms with E-state index < -0.39 is 0 Å². The molecule has 0 saturated heterocycles. The topological polar surface area (TPSA) is 55.2 Å². The zero-order chi connectivity index (χ0) is 13.7. The molecule has 0 spiro atoms. The molecule has 1 aliphatic rings. The van der Waals surface area contributed by atoms with Crippen LogP contribution in [0.4, 0.5) is 11.4 Å². The predicted molar refractivity (Wildman–Crippen MR) is 77.5 cm³/mol. The van der Waals surface area contributed by atoms with Crippen LogP contribution in [0.15, 0.2) is 18.2 Å². The molecular weight excluding hydrogens is 240 g/mol. The van der Waals surface area contributed by atoms with Crippen molar-refractivity contribution in [2.75, 3.05) is 11.9 Å². The Morgan fingerprint density at radius 3 is 2.74 bits per heavy atom. The molecule has 0 aliphatic heterocycles. The lowest BCUT2D eigenvalue weighted by Crippen LogP contribution is -2.12. The molecule has 0 radical (unpaired) electrons. The monoisotopic (exact) mass is 262 g/mol. The number of anilines is 1. The van der Waals surface area contributed by atoms with Crippen LogP contribution in [0.5, 0.6) is 0 Å². The van der Waals surface area contributed by atoms with Gasteiger partial charge in [-0.05, 0) is 25.3 Å². The van der Waals surface area contributed by atoms with Crippen molar-refractivity contribution in [2.24, 2.45) is 5.92 Å². The Balaban J connectivity index is 1.85. The van der Waals surface area contributed by atoms with Crippen LogP contribution in [0.3, 0.4) is 0 Å². The number of hydrogen-bond donors (Lipinski definition) is 1. The highest BCUT2D eigenvalue weighted by Crippen LogP contribution is 2.27. The molecule has 1 saturated carbocycles. The molecule has 1 N–H and O–H groups in total. The Morgan fingerprint density at radius 1 is 1.32 bits per heavy atom. The van der Waals surface area contributed by atoms with Gasteiger partial charge < -0.3 is 5.32 Å². The van der Waals surface area contributed by atoms with Crippen LogP contribution in [0.25, 0.3) is 0 Å². The second-order valence-corrected chi connectivity index (χ2v) is 5.48. The molecule has 0 aromatic heterocycles. The summed E-state index contributed by atoms with van der Waals surface area (Å²) >= 11 is 0. The van der Waals surface area contributed by atoms with Crippen molar-refractivity contribution in [2.45, 2.75) is 45.4 Å². The quantitative estimate of drug-likeness (QED) is 0.636. The summed E-state index contributed by atoms with van der Waals surface area (Å²) in [6.45, 7) is 2.68. The lowest BCUT2D eigenvalue weighted by atomic mass is 9.87. The zero-order valence-corrected chi connectivity index (χ0v) is 11.5. The molecule has 1 aromatic carbocycles. The fraction of sp³-hybridized carbons (Fsp3) is 0.600. The van der Waals surface area contributed by atoms with E-state index in [-0.39, 0.29) is 10.6 Å². The van der Waals surface area contributed by atoms with E-state index in [0.717, 1.165) is 18.2 Å². The number of nitrogens with zero attached hydrogens (tertiary/aromatic N) is 1. The number of nitro benzene ring substituents is 1. The third-order valence-electron chi connectivity index (χ3n) is 4.01. The van der Waals surface area contributed by atoms with Crippen LogP contribution in [0.2, 0.25) is 0 Å². The molecule has 1 aliphatic carbocycles. The summed E-state index contributed by atoms with van der Waals surface area (Å²) in [7, 11) is 0. The Hall–Kier alpha value is -1.58. The molecule has 0 unspecified atom stereocenters. The molecule has 4 nitrogen and oxygen atoms in total. The minimum absolute atomic E-state index is 0.197. The summed E-state index contributed by atoms with van der Waals surface area (Å²) in [5.74, 6) is 0.835. The minimum Gasteiger partial charge on any atom is -0.385 e. The van der Waals surface area contributed by atoms with Gasteiger partial charge in [-0.15, -0.1) is 0 Å². The zero-order valence-electron chi connectivity index (χ0n) is 11.5. The molecule has 2 rings (SSSR count). The first kappa shape index (κ1) is 13.8. The van der Waals surface area contributed by atoms with E-state index in [9.17, 15) is 10.1 Å². The van der Waals surface area contributed by atoms with Crippen molar-refractivity contribution >= 4 is 11.4 Å². The highest BCUT2D eigenvalue weighted by atomic mass is 16.6. The Labute approximate surface area is 114 Å². The van der Waals surface area contributed by atoms with Crippen LogP contribution in [0.1, 0.15) is 44.1 Å². The average molecular weight is 262 g/mol. The van der Waals surface area contributed by atoms with Crippen LogP contribution >= 0.6 is 0 Å². The van der Waals surface area contributed by atoms with Crippen molar-refractivity contribution in [3.05, 3.63) is 33.9 Å². The second-order valence-electron chi connectivity index (χ2n) is 5.48. The van der Waals surface area contributed by atoms with E-state index in [4.69, 9.17) is 0 Å². The summed E-state index contributed by atoms with van der Waals surface area (Å²) in [6, 6.07) is 5.36. The fourth-order valence-corrected chi connectivity index (χ4v) is 2.81. The Bertz CT molecular complexity index is 440. The lowest BCUT2D eigenvalue weighted by molar-refractivity contribution is -0.385. The van der Waals surface area contributed by atoms with Gasteiger partial charge >= 0.3 is 0 Å². The number of nitro groups is 1. The lowest BCUT2D eigenvalue weighted by Gasteiger charge is -2.21. The number of nitrogens with one attached hydrogen (secondary N) is 1. The van der Waals surface area contributed by atoms with Gasteiger partial charge in [0.2, 0.25) is 0 Å². The highest BCUT2D eigenvalue weighted by molar-refractivity contribution is 5.54. The number of rotatable bonds is 5. The van der Waals surface area contributed by atoms with Gasteiger partial charge in [-0.3, -0.25) is 10.1 Å². The van der Waals surface area contributed by atoms with Crippen LogP contribution in [-0.4, -0.2) is 11.5 Å². The van der Waals surface area contributed by atoms with Crippen LogP contribution in [0, 0.1) is 23.0 Å². The summed E-state index contributed by atoms with van der Waals surface area (Å²) < 4.78 is 0. The molecule has 104 valence electrons. The summed E-state index contributed by atoms with van der Waals surface area (Å²) in [5.41, 5.74) is 1.76. The largest absolute Gasteiger partial charge is 0.385 e. The highest BCUT2D eigenvalue weighted by Gasteiger charge is 2.13. The van der Waals surface area contributed by atoms with Crippen molar-refractivity contribution in [3.8, 4) is 0 Å². The maximum absolute atomic E-state index is 10.9. The van der Waals surface area contributed by atoms with E-state index >= 15 is 0 Å². The SMILES string of the molecule is Cc1ccc(NCCC2CCCCC2)cc1[N+](=O)[O-]. The first-order chi connectivity index (χ1) is 9.16. The molecule has 0 bridgehead atoms. The van der Waals surface area contributed by atoms with E-state index in [1.54, 1.807) is 19.1 Å². The second kappa shape index (κ2) is 6.55. The van der Waals surface area contributed by atoms with Crippen molar-refractivity contribution in [3.63, 3.8) is 0 Å². The summed E-state index contributed by atoms with van der Waals surface area (Å²) in [5, 5.41) is 14.2. The Morgan fingerprint density at radius 2 is 2.05 bits per heavy atom. The van der Waals surface area contributed by atoms with E-state index in [2.05, 4.69) is 5.32 Å². The first-order valence-corrected chi connectivity index (χ1v) is 7.16.